The minimum atomic E-state index is -0.296. The van der Waals surface area contributed by atoms with Crippen LogP contribution in [0.25, 0.3) is 10.4 Å². The third-order valence-corrected chi connectivity index (χ3v) is 6.15. The average molecular weight is 453 g/mol. The van der Waals surface area contributed by atoms with Gasteiger partial charge in [-0.05, 0) is 30.7 Å². The summed E-state index contributed by atoms with van der Waals surface area (Å²) in [6, 6.07) is 16.9. The zero-order valence-electron chi connectivity index (χ0n) is 17.9. The van der Waals surface area contributed by atoms with E-state index >= 15 is 0 Å². The number of nitrogens with zero attached hydrogens (tertiary/aromatic N) is 1. The molecule has 0 saturated carbocycles. The molecule has 1 aromatic heterocycles. The Morgan fingerprint density at radius 2 is 1.81 bits per heavy atom. The van der Waals surface area contributed by atoms with E-state index in [-0.39, 0.29) is 18.4 Å². The summed E-state index contributed by atoms with van der Waals surface area (Å²) in [5, 5.41) is 2.83. The first-order chi connectivity index (χ1) is 15.6. The maximum absolute atomic E-state index is 13.2. The van der Waals surface area contributed by atoms with Crippen LogP contribution in [0.5, 0.6) is 17.2 Å². The van der Waals surface area contributed by atoms with Crippen LogP contribution >= 0.6 is 11.3 Å². The number of hydrogen-bond acceptors (Lipinski definition) is 6. The van der Waals surface area contributed by atoms with Gasteiger partial charge in [0.05, 0.1) is 7.11 Å². The Labute approximate surface area is 190 Å². The van der Waals surface area contributed by atoms with E-state index < -0.39 is 0 Å². The van der Waals surface area contributed by atoms with Crippen LogP contribution in [0.2, 0.25) is 0 Å². The van der Waals surface area contributed by atoms with Gasteiger partial charge in [-0.2, -0.15) is 0 Å². The Hall–Kier alpha value is -3.52. The lowest BCUT2D eigenvalue weighted by Crippen LogP contribution is -2.37. The molecule has 166 valence electrons. The van der Waals surface area contributed by atoms with Crippen molar-refractivity contribution in [3.8, 4) is 27.7 Å². The number of hydrogen-bond donors (Lipinski definition) is 1. The SMILES string of the molecule is CCN(CC(=O)Nc1ccc2c(c1)OCCO2)C(=O)c1sc(-c2ccccc2)cc1OC. The van der Waals surface area contributed by atoms with Crippen LogP contribution in [0.15, 0.2) is 54.6 Å². The van der Waals surface area contributed by atoms with Gasteiger partial charge in [-0.15, -0.1) is 11.3 Å². The number of carbonyl (C=O) groups excluding carboxylic acids is 2. The Morgan fingerprint density at radius 3 is 2.53 bits per heavy atom. The molecule has 1 aliphatic rings. The summed E-state index contributed by atoms with van der Waals surface area (Å²) in [5.41, 5.74) is 1.59. The van der Waals surface area contributed by atoms with E-state index in [1.54, 1.807) is 25.3 Å². The van der Waals surface area contributed by atoms with Crippen molar-refractivity contribution < 1.29 is 23.8 Å². The molecule has 2 heterocycles. The molecule has 0 atom stereocenters. The highest BCUT2D eigenvalue weighted by atomic mass is 32.1. The molecule has 0 bridgehead atoms. The Balaban J connectivity index is 1.47. The lowest BCUT2D eigenvalue weighted by molar-refractivity contribution is -0.116. The number of ether oxygens (including phenoxy) is 3. The number of carbonyl (C=O) groups is 2. The largest absolute Gasteiger partial charge is 0.495 e. The summed E-state index contributed by atoms with van der Waals surface area (Å²) in [6.45, 7) is 3.12. The molecule has 0 fully saturated rings. The van der Waals surface area contributed by atoms with E-state index in [1.807, 2.05) is 43.3 Å². The van der Waals surface area contributed by atoms with Gasteiger partial charge in [0.25, 0.3) is 5.91 Å². The number of fused-ring (bicyclic) bond motifs is 1. The predicted octanol–water partition coefficient (Wildman–Crippen LogP) is 4.30. The van der Waals surface area contributed by atoms with Crippen molar-refractivity contribution in [3.63, 3.8) is 0 Å². The normalized spacial score (nSPS) is 12.2. The number of benzene rings is 2. The predicted molar refractivity (Wildman–Crippen MR) is 124 cm³/mol. The third kappa shape index (κ3) is 4.70. The van der Waals surface area contributed by atoms with Crippen LogP contribution in [-0.2, 0) is 4.79 Å². The van der Waals surface area contributed by atoms with Gasteiger partial charge in [-0.25, -0.2) is 0 Å². The van der Waals surface area contributed by atoms with E-state index in [9.17, 15) is 9.59 Å². The van der Waals surface area contributed by atoms with Gasteiger partial charge in [0.15, 0.2) is 11.5 Å². The van der Waals surface area contributed by atoms with Crippen LogP contribution in [0.4, 0.5) is 5.69 Å². The van der Waals surface area contributed by atoms with Gasteiger partial charge in [0, 0.05) is 23.2 Å². The van der Waals surface area contributed by atoms with Crippen molar-refractivity contribution >= 4 is 28.8 Å². The van der Waals surface area contributed by atoms with Crippen molar-refractivity contribution in [1.82, 2.24) is 4.90 Å². The van der Waals surface area contributed by atoms with Crippen LogP contribution in [0.1, 0.15) is 16.6 Å². The number of methoxy groups -OCH3 is 1. The maximum atomic E-state index is 13.2. The quantitative estimate of drug-likeness (QED) is 0.579. The van der Waals surface area contributed by atoms with Gasteiger partial charge < -0.3 is 24.4 Å². The molecule has 0 saturated heterocycles. The summed E-state index contributed by atoms with van der Waals surface area (Å²) in [5.74, 6) is 1.21. The van der Waals surface area contributed by atoms with Crippen LogP contribution < -0.4 is 19.5 Å². The first-order valence-electron chi connectivity index (χ1n) is 10.3. The van der Waals surface area contributed by atoms with Crippen LogP contribution in [0, 0.1) is 0 Å². The summed E-state index contributed by atoms with van der Waals surface area (Å²) in [7, 11) is 1.54. The van der Waals surface area contributed by atoms with Gasteiger partial charge in [-0.1, -0.05) is 30.3 Å². The number of likely N-dealkylation sites (N-methyl/N-ethyl adjacent to an activating group) is 1. The van der Waals surface area contributed by atoms with E-state index in [2.05, 4.69) is 5.32 Å². The van der Waals surface area contributed by atoms with Crippen molar-refractivity contribution in [2.24, 2.45) is 0 Å². The smallest absolute Gasteiger partial charge is 0.268 e. The summed E-state index contributed by atoms with van der Waals surface area (Å²) in [4.78, 5) is 28.8. The Morgan fingerprint density at radius 1 is 1.06 bits per heavy atom. The molecule has 0 radical (unpaired) electrons. The number of nitrogens with one attached hydrogen (secondary N) is 1. The highest BCUT2D eigenvalue weighted by molar-refractivity contribution is 7.17. The van der Waals surface area contributed by atoms with Crippen molar-refractivity contribution in [2.45, 2.75) is 6.92 Å². The first kappa shape index (κ1) is 21.7. The fraction of sp³-hybridized carbons (Fsp3) is 0.250. The molecular weight excluding hydrogens is 428 g/mol. The first-order valence-corrected chi connectivity index (χ1v) is 11.1. The number of thiophene rings is 1. The van der Waals surface area contributed by atoms with Crippen molar-refractivity contribution in [1.29, 1.82) is 0 Å². The highest BCUT2D eigenvalue weighted by Gasteiger charge is 2.24. The molecule has 0 unspecified atom stereocenters. The molecular formula is C24H24N2O5S. The molecule has 0 spiro atoms. The van der Waals surface area contributed by atoms with E-state index in [0.717, 1.165) is 10.4 Å². The van der Waals surface area contributed by atoms with Gasteiger partial charge in [0.2, 0.25) is 5.91 Å². The number of anilines is 1. The fourth-order valence-corrected chi connectivity index (χ4v) is 4.48. The Kier molecular flexibility index (Phi) is 6.61. The topological polar surface area (TPSA) is 77.1 Å². The molecule has 2 amide bonds. The van der Waals surface area contributed by atoms with Crippen molar-refractivity contribution in [3.05, 3.63) is 59.5 Å². The molecule has 0 aliphatic carbocycles. The Bertz CT molecular complexity index is 1110. The second-order valence-corrected chi connectivity index (χ2v) is 8.15. The minimum Gasteiger partial charge on any atom is -0.495 e. The van der Waals surface area contributed by atoms with E-state index in [1.165, 1.54) is 16.2 Å². The summed E-state index contributed by atoms with van der Waals surface area (Å²) in [6.07, 6.45) is 0. The zero-order chi connectivity index (χ0) is 22.5. The molecule has 7 nitrogen and oxygen atoms in total. The lowest BCUT2D eigenvalue weighted by Gasteiger charge is -2.21. The highest BCUT2D eigenvalue weighted by Crippen LogP contribution is 2.37. The van der Waals surface area contributed by atoms with Gasteiger partial charge in [0.1, 0.15) is 30.4 Å². The van der Waals surface area contributed by atoms with Crippen LogP contribution in [0.3, 0.4) is 0 Å². The lowest BCUT2D eigenvalue weighted by atomic mass is 10.2. The summed E-state index contributed by atoms with van der Waals surface area (Å²) < 4.78 is 16.5. The average Bonchev–Trinajstić information content (AvgIpc) is 3.27. The maximum Gasteiger partial charge on any atom is 0.268 e. The summed E-state index contributed by atoms with van der Waals surface area (Å²) >= 11 is 1.36. The molecule has 4 rings (SSSR count). The molecule has 8 heteroatoms. The van der Waals surface area contributed by atoms with Crippen molar-refractivity contribution in [2.75, 3.05) is 38.7 Å². The van der Waals surface area contributed by atoms with E-state index in [4.69, 9.17) is 14.2 Å². The molecule has 32 heavy (non-hydrogen) atoms. The van der Waals surface area contributed by atoms with Gasteiger partial charge in [-0.3, -0.25) is 9.59 Å². The zero-order valence-corrected chi connectivity index (χ0v) is 18.7. The number of rotatable bonds is 7. The molecule has 3 aromatic rings. The third-order valence-electron chi connectivity index (χ3n) is 5.00. The molecule has 2 aromatic carbocycles. The molecule has 1 aliphatic heterocycles. The fourth-order valence-electron chi connectivity index (χ4n) is 3.39. The second-order valence-electron chi connectivity index (χ2n) is 7.10. The standard InChI is InChI=1S/C24H24N2O5S/c1-3-26(15-22(27)25-17-9-10-18-19(13-17)31-12-11-30-18)24(28)23-20(29-2)14-21(32-23)16-7-5-4-6-8-16/h4-10,13-14H,3,11-12,15H2,1-2H3,(H,25,27). The van der Waals surface area contributed by atoms with E-state index in [0.29, 0.717) is 47.6 Å². The molecule has 1 N–H and O–H groups in total. The minimum absolute atomic E-state index is 0.0779. The number of amides is 2. The van der Waals surface area contributed by atoms with Gasteiger partial charge >= 0.3 is 0 Å². The van der Waals surface area contributed by atoms with Crippen LogP contribution in [-0.4, -0.2) is 50.1 Å². The monoisotopic (exact) mass is 452 g/mol. The second kappa shape index (κ2) is 9.74.